The highest BCUT2D eigenvalue weighted by atomic mass is 35.5. The average Bonchev–Trinajstić information content (AvgIpc) is 2.34. The van der Waals surface area contributed by atoms with Gasteiger partial charge in [-0.1, -0.05) is 11.6 Å². The maximum Gasteiger partial charge on any atom is 0.141 e. The zero-order valence-electron chi connectivity index (χ0n) is 9.04. The Morgan fingerprint density at radius 2 is 1.94 bits per heavy atom. The molecule has 2 N–H and O–H groups in total. The third-order valence-electron chi connectivity index (χ3n) is 2.12. The molecule has 17 heavy (non-hydrogen) atoms. The van der Waals surface area contributed by atoms with Crippen molar-refractivity contribution in [2.45, 2.75) is 0 Å². The van der Waals surface area contributed by atoms with Crippen molar-refractivity contribution in [3.05, 3.63) is 41.4 Å². The molecule has 0 saturated heterocycles. The lowest BCUT2D eigenvalue weighted by Gasteiger charge is -2.07. The first kappa shape index (κ1) is 11.6. The van der Waals surface area contributed by atoms with Crippen molar-refractivity contribution in [3.8, 4) is 0 Å². The summed E-state index contributed by atoms with van der Waals surface area (Å²) in [5.74, 6) is 0.846. The number of nitrogens with one attached hydrogen (secondary N) is 2. The number of hydrogen-bond donors (Lipinski definition) is 2. The molecule has 0 saturated carbocycles. The van der Waals surface area contributed by atoms with Crippen molar-refractivity contribution in [2.24, 2.45) is 0 Å². The van der Waals surface area contributed by atoms with Crippen LogP contribution in [-0.2, 0) is 0 Å². The van der Waals surface area contributed by atoms with Gasteiger partial charge in [-0.05, 0) is 18.2 Å². The summed E-state index contributed by atoms with van der Waals surface area (Å²) < 4.78 is 13.0. The van der Waals surface area contributed by atoms with Gasteiger partial charge in [0.05, 0.1) is 5.02 Å². The van der Waals surface area contributed by atoms with Crippen LogP contribution in [0.1, 0.15) is 0 Å². The van der Waals surface area contributed by atoms with Gasteiger partial charge in [0.25, 0.3) is 0 Å². The molecule has 0 bridgehead atoms. The van der Waals surface area contributed by atoms with Crippen LogP contribution >= 0.6 is 11.6 Å². The number of aromatic nitrogens is 2. The van der Waals surface area contributed by atoms with Crippen LogP contribution in [0.15, 0.2) is 30.6 Å². The fourth-order valence-electron chi connectivity index (χ4n) is 1.28. The van der Waals surface area contributed by atoms with Crippen LogP contribution < -0.4 is 10.6 Å². The molecule has 88 valence electrons. The van der Waals surface area contributed by atoms with E-state index in [0.29, 0.717) is 17.3 Å². The Kier molecular flexibility index (Phi) is 3.39. The number of benzene rings is 1. The molecule has 0 aliphatic rings. The summed E-state index contributed by atoms with van der Waals surface area (Å²) in [7, 11) is 1.76. The molecule has 2 aromatic rings. The lowest BCUT2D eigenvalue weighted by Crippen LogP contribution is -1.98. The molecular weight excluding hydrogens is 243 g/mol. The Morgan fingerprint density at radius 3 is 2.65 bits per heavy atom. The minimum Gasteiger partial charge on any atom is -0.373 e. The van der Waals surface area contributed by atoms with Crippen molar-refractivity contribution in [3.63, 3.8) is 0 Å². The van der Waals surface area contributed by atoms with Crippen molar-refractivity contribution in [2.75, 3.05) is 17.7 Å². The molecular formula is C11H10ClFN4. The molecule has 0 amide bonds. The summed E-state index contributed by atoms with van der Waals surface area (Å²) in [6, 6.07) is 6.11. The summed E-state index contributed by atoms with van der Waals surface area (Å²) in [5.41, 5.74) is 0.664. The predicted octanol–water partition coefficient (Wildman–Crippen LogP) is 3.05. The molecule has 2 rings (SSSR count). The highest BCUT2D eigenvalue weighted by Crippen LogP contribution is 2.22. The van der Waals surface area contributed by atoms with Crippen molar-refractivity contribution < 1.29 is 4.39 Å². The van der Waals surface area contributed by atoms with E-state index in [2.05, 4.69) is 20.6 Å². The maximum absolute atomic E-state index is 13.0. The first-order chi connectivity index (χ1) is 8.19. The Morgan fingerprint density at radius 1 is 1.18 bits per heavy atom. The Bertz CT molecular complexity index is 533. The summed E-state index contributed by atoms with van der Waals surface area (Å²) in [4.78, 5) is 8.02. The van der Waals surface area contributed by atoms with Gasteiger partial charge in [-0.3, -0.25) is 0 Å². The van der Waals surface area contributed by atoms with Gasteiger partial charge < -0.3 is 10.6 Å². The zero-order valence-corrected chi connectivity index (χ0v) is 9.79. The normalized spacial score (nSPS) is 10.1. The number of rotatable bonds is 3. The van der Waals surface area contributed by atoms with Gasteiger partial charge in [0, 0.05) is 18.8 Å². The van der Waals surface area contributed by atoms with E-state index >= 15 is 0 Å². The number of nitrogens with zero attached hydrogens (tertiary/aromatic N) is 2. The summed E-state index contributed by atoms with van der Waals surface area (Å²) in [6.45, 7) is 0. The van der Waals surface area contributed by atoms with E-state index in [1.807, 2.05) is 0 Å². The third-order valence-corrected chi connectivity index (χ3v) is 2.40. The van der Waals surface area contributed by atoms with E-state index in [-0.39, 0.29) is 5.02 Å². The summed E-state index contributed by atoms with van der Waals surface area (Å²) in [6.07, 6.45) is 1.43. The van der Waals surface area contributed by atoms with E-state index in [0.717, 1.165) is 0 Å². The Hall–Kier alpha value is -1.88. The highest BCUT2D eigenvalue weighted by Gasteiger charge is 2.02. The highest BCUT2D eigenvalue weighted by molar-refractivity contribution is 6.31. The van der Waals surface area contributed by atoms with Crippen LogP contribution in [0, 0.1) is 5.82 Å². The van der Waals surface area contributed by atoms with Crippen LogP contribution in [0.25, 0.3) is 0 Å². The van der Waals surface area contributed by atoms with Gasteiger partial charge in [0.1, 0.15) is 23.8 Å². The van der Waals surface area contributed by atoms with Crippen LogP contribution in [0.2, 0.25) is 5.02 Å². The summed E-state index contributed by atoms with van der Waals surface area (Å²) in [5, 5.41) is 5.97. The number of anilines is 3. The van der Waals surface area contributed by atoms with E-state index in [9.17, 15) is 4.39 Å². The minimum atomic E-state index is -0.448. The molecule has 0 aliphatic carbocycles. The van der Waals surface area contributed by atoms with Crippen LogP contribution in [0.5, 0.6) is 0 Å². The fraction of sp³-hybridized carbons (Fsp3) is 0.0909. The van der Waals surface area contributed by atoms with Gasteiger partial charge in [-0.25, -0.2) is 14.4 Å². The lowest BCUT2D eigenvalue weighted by atomic mass is 10.3. The van der Waals surface area contributed by atoms with E-state index in [4.69, 9.17) is 11.6 Å². The first-order valence-electron chi connectivity index (χ1n) is 4.91. The van der Waals surface area contributed by atoms with Crippen LogP contribution in [0.4, 0.5) is 21.7 Å². The predicted molar refractivity (Wildman–Crippen MR) is 66.3 cm³/mol. The molecule has 6 heteroatoms. The van der Waals surface area contributed by atoms with Gasteiger partial charge in [-0.2, -0.15) is 0 Å². The SMILES string of the molecule is CNc1cc(Nc2ccc(F)c(Cl)c2)ncn1. The number of halogens is 2. The summed E-state index contributed by atoms with van der Waals surface area (Å²) >= 11 is 5.68. The largest absolute Gasteiger partial charge is 0.373 e. The van der Waals surface area contributed by atoms with E-state index in [1.165, 1.54) is 18.5 Å². The topological polar surface area (TPSA) is 49.8 Å². The first-order valence-corrected chi connectivity index (χ1v) is 5.28. The van der Waals surface area contributed by atoms with Crippen molar-refractivity contribution in [1.29, 1.82) is 0 Å². The zero-order chi connectivity index (χ0) is 12.3. The van der Waals surface area contributed by atoms with Crippen LogP contribution in [-0.4, -0.2) is 17.0 Å². The second-order valence-corrected chi connectivity index (χ2v) is 3.70. The van der Waals surface area contributed by atoms with E-state index in [1.54, 1.807) is 19.2 Å². The van der Waals surface area contributed by atoms with Crippen LogP contribution in [0.3, 0.4) is 0 Å². The van der Waals surface area contributed by atoms with Gasteiger partial charge in [-0.15, -0.1) is 0 Å². The Labute approximate surface area is 103 Å². The van der Waals surface area contributed by atoms with Gasteiger partial charge in [0.15, 0.2) is 0 Å². The standard InChI is InChI=1S/C11H10ClFN4/c1-14-10-5-11(16-6-15-10)17-7-2-3-9(13)8(12)4-7/h2-6H,1H3,(H2,14,15,16,17). The third kappa shape index (κ3) is 2.82. The molecule has 0 fully saturated rings. The van der Waals surface area contributed by atoms with Crippen molar-refractivity contribution in [1.82, 2.24) is 9.97 Å². The van der Waals surface area contributed by atoms with Crippen molar-refractivity contribution >= 4 is 28.9 Å². The lowest BCUT2D eigenvalue weighted by molar-refractivity contribution is 0.628. The fourth-order valence-corrected chi connectivity index (χ4v) is 1.46. The minimum absolute atomic E-state index is 0.0675. The molecule has 0 radical (unpaired) electrons. The molecule has 0 atom stereocenters. The molecule has 1 aromatic carbocycles. The average molecular weight is 253 g/mol. The molecule has 4 nitrogen and oxygen atoms in total. The smallest absolute Gasteiger partial charge is 0.141 e. The number of hydrogen-bond acceptors (Lipinski definition) is 4. The molecule has 0 spiro atoms. The molecule has 0 aliphatic heterocycles. The second-order valence-electron chi connectivity index (χ2n) is 3.29. The monoisotopic (exact) mass is 252 g/mol. The van der Waals surface area contributed by atoms with Gasteiger partial charge in [0.2, 0.25) is 0 Å². The quantitative estimate of drug-likeness (QED) is 0.882. The molecule has 1 heterocycles. The van der Waals surface area contributed by atoms with Gasteiger partial charge >= 0.3 is 0 Å². The maximum atomic E-state index is 13.0. The molecule has 0 unspecified atom stereocenters. The second kappa shape index (κ2) is 4.97. The Balaban J connectivity index is 2.22. The van der Waals surface area contributed by atoms with E-state index < -0.39 is 5.82 Å². The molecule has 1 aromatic heterocycles.